The molecule has 5 heteroatoms. The van der Waals surface area contributed by atoms with Gasteiger partial charge >= 0.3 is 5.76 Å². The summed E-state index contributed by atoms with van der Waals surface area (Å²) in [5, 5.41) is 3.32. The van der Waals surface area contributed by atoms with Crippen molar-refractivity contribution in [3.63, 3.8) is 0 Å². The van der Waals surface area contributed by atoms with Crippen LogP contribution >= 0.6 is 0 Å². The highest BCUT2D eigenvalue weighted by Gasteiger charge is 2.19. The molecule has 0 aliphatic carbocycles. The lowest BCUT2D eigenvalue weighted by molar-refractivity contribution is 0.0972. The second kappa shape index (κ2) is 4.66. The summed E-state index contributed by atoms with van der Waals surface area (Å²) in [6.45, 7) is 0.993. The summed E-state index contributed by atoms with van der Waals surface area (Å²) in [5.74, 6) is -0.299. The van der Waals surface area contributed by atoms with E-state index in [-0.39, 0.29) is 11.8 Å². The second-order valence-electron chi connectivity index (χ2n) is 5.03. The molecule has 0 radical (unpaired) electrons. The molecule has 2 aromatic rings. The number of aryl methyl sites for hydroxylation is 1. The van der Waals surface area contributed by atoms with Gasteiger partial charge in [0.05, 0.1) is 5.52 Å². The second-order valence-corrected chi connectivity index (χ2v) is 5.03. The van der Waals surface area contributed by atoms with Gasteiger partial charge in [-0.2, -0.15) is 0 Å². The number of hydrogen-bond donors (Lipinski definition) is 1. The molecule has 3 rings (SSSR count). The molecular formula is C14H16N2O3. The van der Waals surface area contributed by atoms with E-state index in [0.29, 0.717) is 23.1 Å². The molecule has 0 spiro atoms. The van der Waals surface area contributed by atoms with Gasteiger partial charge in [0.2, 0.25) is 0 Å². The number of oxazole rings is 1. The monoisotopic (exact) mass is 260 g/mol. The van der Waals surface area contributed by atoms with Crippen LogP contribution in [-0.4, -0.2) is 22.9 Å². The summed E-state index contributed by atoms with van der Waals surface area (Å²) >= 11 is 0. The Bertz CT molecular complexity index is 678. The number of hydrogen-bond acceptors (Lipinski definition) is 4. The number of carbonyl (C=O) groups excluding carboxylic acids is 1. The van der Waals surface area contributed by atoms with Gasteiger partial charge in [0.25, 0.3) is 0 Å². The minimum absolute atomic E-state index is 0.106. The molecule has 1 saturated heterocycles. The molecule has 1 N–H and O–H groups in total. The van der Waals surface area contributed by atoms with Crippen LogP contribution in [0.1, 0.15) is 29.6 Å². The molecule has 1 aromatic heterocycles. The number of benzene rings is 1. The fraction of sp³-hybridized carbons (Fsp3) is 0.429. The number of rotatable bonds is 3. The summed E-state index contributed by atoms with van der Waals surface area (Å²) in [6, 6.07) is 5.43. The van der Waals surface area contributed by atoms with E-state index in [4.69, 9.17) is 4.42 Å². The summed E-state index contributed by atoms with van der Waals surface area (Å²) in [7, 11) is 1.64. The van der Waals surface area contributed by atoms with Crippen LogP contribution < -0.4 is 11.1 Å². The minimum atomic E-state index is -0.406. The van der Waals surface area contributed by atoms with Gasteiger partial charge in [-0.15, -0.1) is 0 Å². The number of carbonyl (C=O) groups is 1. The molecule has 1 aliphatic heterocycles. The zero-order valence-corrected chi connectivity index (χ0v) is 10.8. The Labute approximate surface area is 110 Å². The zero-order chi connectivity index (χ0) is 13.4. The van der Waals surface area contributed by atoms with Crippen LogP contribution in [0.3, 0.4) is 0 Å². The number of aromatic nitrogens is 1. The van der Waals surface area contributed by atoms with Gasteiger partial charge in [-0.25, -0.2) is 4.79 Å². The van der Waals surface area contributed by atoms with Crippen molar-refractivity contribution in [3.8, 4) is 0 Å². The van der Waals surface area contributed by atoms with Crippen LogP contribution in [0.15, 0.2) is 27.4 Å². The highest BCUT2D eigenvalue weighted by atomic mass is 16.4. The first kappa shape index (κ1) is 12.2. The Balaban J connectivity index is 1.89. The molecule has 0 saturated carbocycles. The Hall–Kier alpha value is -1.88. The van der Waals surface area contributed by atoms with Gasteiger partial charge in [-0.1, -0.05) is 0 Å². The quantitative estimate of drug-likeness (QED) is 0.848. The van der Waals surface area contributed by atoms with Crippen LogP contribution in [0.25, 0.3) is 11.1 Å². The average molecular weight is 260 g/mol. The smallest absolute Gasteiger partial charge is 0.408 e. The van der Waals surface area contributed by atoms with Gasteiger partial charge in [0.15, 0.2) is 11.4 Å². The molecule has 5 nitrogen and oxygen atoms in total. The SMILES string of the molecule is Cn1c(=O)oc2ccc(C(=O)CC3CCCN3)cc21. The lowest BCUT2D eigenvalue weighted by Crippen LogP contribution is -2.24. The predicted octanol–water partition coefficient (Wildman–Crippen LogP) is 1.46. The van der Waals surface area contributed by atoms with E-state index in [1.54, 1.807) is 25.2 Å². The predicted molar refractivity (Wildman–Crippen MR) is 71.4 cm³/mol. The summed E-state index contributed by atoms with van der Waals surface area (Å²) in [6.07, 6.45) is 2.70. The maximum absolute atomic E-state index is 12.2. The molecule has 100 valence electrons. The molecule has 1 unspecified atom stereocenters. The molecule has 1 aliphatic rings. The van der Waals surface area contributed by atoms with E-state index in [0.717, 1.165) is 19.4 Å². The van der Waals surface area contributed by atoms with Gasteiger partial charge in [-0.3, -0.25) is 9.36 Å². The number of nitrogens with zero attached hydrogens (tertiary/aromatic N) is 1. The lowest BCUT2D eigenvalue weighted by atomic mass is 10.0. The van der Waals surface area contributed by atoms with E-state index in [1.807, 2.05) is 0 Å². The van der Waals surface area contributed by atoms with Crippen LogP contribution in [0, 0.1) is 0 Å². The maximum atomic E-state index is 12.2. The van der Waals surface area contributed by atoms with Crippen LogP contribution in [0.4, 0.5) is 0 Å². The third kappa shape index (κ3) is 2.21. The van der Waals surface area contributed by atoms with E-state index in [1.165, 1.54) is 4.57 Å². The Kier molecular flexibility index (Phi) is 2.98. The number of Topliss-reactive ketones (excluding diaryl/α,β-unsaturated/α-hetero) is 1. The Morgan fingerprint density at radius 3 is 3.11 bits per heavy atom. The van der Waals surface area contributed by atoms with Gasteiger partial charge in [-0.05, 0) is 37.6 Å². The molecule has 0 bridgehead atoms. The van der Waals surface area contributed by atoms with E-state index in [2.05, 4.69) is 5.32 Å². The standard InChI is InChI=1S/C14H16N2O3/c1-16-11-7-9(4-5-13(11)19-14(16)18)12(17)8-10-3-2-6-15-10/h4-5,7,10,15H,2-3,6,8H2,1H3. The van der Waals surface area contributed by atoms with Gasteiger partial charge < -0.3 is 9.73 Å². The minimum Gasteiger partial charge on any atom is -0.408 e. The summed E-state index contributed by atoms with van der Waals surface area (Å²) in [4.78, 5) is 23.6. The van der Waals surface area contributed by atoms with Crippen molar-refractivity contribution in [2.24, 2.45) is 7.05 Å². The molecule has 0 amide bonds. The van der Waals surface area contributed by atoms with E-state index in [9.17, 15) is 9.59 Å². The topological polar surface area (TPSA) is 64.2 Å². The first-order valence-electron chi connectivity index (χ1n) is 6.51. The molecular weight excluding hydrogens is 244 g/mol. The third-order valence-corrected chi connectivity index (χ3v) is 3.71. The lowest BCUT2D eigenvalue weighted by Gasteiger charge is -2.08. The van der Waals surface area contributed by atoms with Gasteiger partial charge in [0, 0.05) is 25.1 Å². The van der Waals surface area contributed by atoms with E-state index < -0.39 is 5.76 Å². The largest absolute Gasteiger partial charge is 0.419 e. The maximum Gasteiger partial charge on any atom is 0.419 e. The van der Waals surface area contributed by atoms with E-state index >= 15 is 0 Å². The van der Waals surface area contributed by atoms with Crippen molar-refractivity contribution in [1.29, 1.82) is 0 Å². The Morgan fingerprint density at radius 1 is 1.53 bits per heavy atom. The van der Waals surface area contributed by atoms with Crippen molar-refractivity contribution >= 4 is 16.9 Å². The zero-order valence-electron chi connectivity index (χ0n) is 10.8. The third-order valence-electron chi connectivity index (χ3n) is 3.71. The van der Waals surface area contributed by atoms with Crippen molar-refractivity contribution in [2.45, 2.75) is 25.3 Å². The van der Waals surface area contributed by atoms with Crippen molar-refractivity contribution in [3.05, 3.63) is 34.3 Å². The molecule has 19 heavy (non-hydrogen) atoms. The highest BCUT2D eigenvalue weighted by Crippen LogP contribution is 2.17. The van der Waals surface area contributed by atoms with Crippen molar-refractivity contribution < 1.29 is 9.21 Å². The highest BCUT2D eigenvalue weighted by molar-refractivity contribution is 5.99. The number of fused-ring (bicyclic) bond motifs is 1. The molecule has 2 heterocycles. The fourth-order valence-corrected chi connectivity index (χ4v) is 2.57. The summed E-state index contributed by atoms with van der Waals surface area (Å²) < 4.78 is 6.47. The van der Waals surface area contributed by atoms with Crippen LogP contribution in [0.5, 0.6) is 0 Å². The van der Waals surface area contributed by atoms with Crippen LogP contribution in [0.2, 0.25) is 0 Å². The summed E-state index contributed by atoms with van der Waals surface area (Å²) in [5.41, 5.74) is 1.82. The fourth-order valence-electron chi connectivity index (χ4n) is 2.57. The Morgan fingerprint density at radius 2 is 2.37 bits per heavy atom. The molecule has 1 atom stereocenters. The van der Waals surface area contributed by atoms with Crippen LogP contribution in [-0.2, 0) is 7.05 Å². The number of nitrogens with one attached hydrogen (secondary N) is 1. The first-order chi connectivity index (χ1) is 9.15. The number of ketones is 1. The van der Waals surface area contributed by atoms with Gasteiger partial charge in [0.1, 0.15) is 0 Å². The normalized spacial score (nSPS) is 19.1. The van der Waals surface area contributed by atoms with Crippen molar-refractivity contribution in [2.75, 3.05) is 6.54 Å². The molecule has 1 aromatic carbocycles. The average Bonchev–Trinajstić information content (AvgIpc) is 2.99. The first-order valence-corrected chi connectivity index (χ1v) is 6.51. The van der Waals surface area contributed by atoms with Crippen molar-refractivity contribution in [1.82, 2.24) is 9.88 Å². The molecule has 1 fully saturated rings.